The second-order valence-electron chi connectivity index (χ2n) is 8.15. The van der Waals surface area contributed by atoms with Crippen LogP contribution in [0.1, 0.15) is 25.3 Å². The molecule has 0 unspecified atom stereocenters. The number of amides is 3. The van der Waals surface area contributed by atoms with Gasteiger partial charge in [0.05, 0.1) is 0 Å². The molecule has 0 bridgehead atoms. The Labute approximate surface area is 198 Å². The Balaban J connectivity index is 1.51. The number of nitrogens with zero attached hydrogens (tertiary/aromatic N) is 3. The summed E-state index contributed by atoms with van der Waals surface area (Å²) in [7, 11) is 0. The van der Waals surface area contributed by atoms with Crippen molar-refractivity contribution in [2.24, 2.45) is 0 Å². The summed E-state index contributed by atoms with van der Waals surface area (Å²) in [5.41, 5.74) is 2.88. The van der Waals surface area contributed by atoms with Crippen LogP contribution in [0.15, 0.2) is 48.9 Å². The van der Waals surface area contributed by atoms with Crippen molar-refractivity contribution in [1.82, 2.24) is 25.5 Å². The van der Waals surface area contributed by atoms with E-state index in [1.165, 1.54) is 12.8 Å². The fraction of sp³-hybridized carbons (Fsp3) is 0.360. The first-order chi connectivity index (χ1) is 16.6. The maximum atomic E-state index is 12.2. The highest BCUT2D eigenvalue weighted by Crippen LogP contribution is 2.31. The first-order valence-corrected chi connectivity index (χ1v) is 11.6. The summed E-state index contributed by atoms with van der Waals surface area (Å²) in [5, 5.41) is 10.1. The first kappa shape index (κ1) is 23.4. The molecule has 0 atom stereocenters. The summed E-state index contributed by atoms with van der Waals surface area (Å²) >= 11 is 0. The molecule has 3 heterocycles. The van der Waals surface area contributed by atoms with Gasteiger partial charge in [-0.25, -0.2) is 14.6 Å². The van der Waals surface area contributed by atoms with Crippen molar-refractivity contribution in [2.45, 2.75) is 26.3 Å². The summed E-state index contributed by atoms with van der Waals surface area (Å²) in [5.74, 6) is 0.445. The van der Waals surface area contributed by atoms with Crippen molar-refractivity contribution in [3.63, 3.8) is 0 Å². The zero-order chi connectivity index (χ0) is 23.8. The minimum atomic E-state index is -0.437. The van der Waals surface area contributed by atoms with Crippen molar-refractivity contribution < 1.29 is 14.3 Å². The molecule has 0 radical (unpaired) electrons. The molecule has 4 rings (SSSR count). The molecule has 3 N–H and O–H groups in total. The summed E-state index contributed by atoms with van der Waals surface area (Å²) < 4.78 is 5.35. The van der Waals surface area contributed by atoms with Gasteiger partial charge in [-0.2, -0.15) is 0 Å². The van der Waals surface area contributed by atoms with E-state index in [2.05, 4.69) is 30.8 Å². The molecule has 0 aliphatic carbocycles. The molecule has 9 heteroatoms. The van der Waals surface area contributed by atoms with Crippen molar-refractivity contribution in [1.29, 1.82) is 0 Å². The van der Waals surface area contributed by atoms with Crippen molar-refractivity contribution >= 4 is 28.7 Å². The molecule has 0 spiro atoms. The lowest BCUT2D eigenvalue weighted by atomic mass is 9.96. The van der Waals surface area contributed by atoms with Crippen LogP contribution in [-0.4, -0.2) is 59.8 Å². The number of alkyl carbamates (subject to hydrolysis) is 1. The lowest BCUT2D eigenvalue weighted by Crippen LogP contribution is -2.29. The van der Waals surface area contributed by atoms with E-state index in [1.54, 1.807) is 18.6 Å². The number of hydrogen-bond donors (Lipinski definition) is 3. The minimum Gasteiger partial charge on any atom is -0.448 e. The monoisotopic (exact) mass is 462 g/mol. The van der Waals surface area contributed by atoms with Gasteiger partial charge in [-0.15, -0.1) is 0 Å². The number of likely N-dealkylation sites (tertiary alicyclic amines) is 1. The van der Waals surface area contributed by atoms with E-state index in [1.807, 2.05) is 37.3 Å². The van der Waals surface area contributed by atoms with Crippen LogP contribution in [0.3, 0.4) is 0 Å². The molecule has 1 aliphatic rings. The highest BCUT2D eigenvalue weighted by molar-refractivity contribution is 6.00. The number of pyridine rings is 2. The number of nitrogens with one attached hydrogen (secondary N) is 3. The zero-order valence-corrected chi connectivity index (χ0v) is 19.3. The lowest BCUT2D eigenvalue weighted by molar-refractivity contribution is 0.132. The molecular formula is C25H30N6O3. The normalized spacial score (nSPS) is 13.6. The number of ether oxygens (including phenoxy) is 1. The topological polar surface area (TPSA) is 108 Å². The average Bonchev–Trinajstić information content (AvgIpc) is 3.36. The first-order valence-electron chi connectivity index (χ1n) is 11.6. The third kappa shape index (κ3) is 5.99. The fourth-order valence-electron chi connectivity index (χ4n) is 4.12. The van der Waals surface area contributed by atoms with Crippen LogP contribution < -0.4 is 16.0 Å². The van der Waals surface area contributed by atoms with Gasteiger partial charge in [-0.3, -0.25) is 15.2 Å². The van der Waals surface area contributed by atoms with E-state index in [0.717, 1.165) is 47.1 Å². The number of aromatic nitrogens is 2. The highest BCUT2D eigenvalue weighted by Gasteiger charge is 2.14. The lowest BCUT2D eigenvalue weighted by Gasteiger charge is -2.15. The van der Waals surface area contributed by atoms with Gasteiger partial charge in [-0.1, -0.05) is 12.1 Å². The highest BCUT2D eigenvalue weighted by atomic mass is 16.5. The van der Waals surface area contributed by atoms with Crippen LogP contribution in [-0.2, 0) is 11.3 Å². The number of anilines is 1. The van der Waals surface area contributed by atoms with E-state index in [4.69, 9.17) is 4.74 Å². The van der Waals surface area contributed by atoms with Crippen molar-refractivity contribution in [2.75, 3.05) is 38.1 Å². The molecule has 1 fully saturated rings. The molecule has 3 aromatic rings. The quantitative estimate of drug-likeness (QED) is 0.470. The minimum absolute atomic E-state index is 0.306. The summed E-state index contributed by atoms with van der Waals surface area (Å²) in [6.45, 7) is 5.97. The number of carbonyl (C=O) groups excluding carboxylic acids is 2. The van der Waals surface area contributed by atoms with Gasteiger partial charge in [0.15, 0.2) is 0 Å². The van der Waals surface area contributed by atoms with Gasteiger partial charge >= 0.3 is 12.1 Å². The Bertz CT molecular complexity index is 1130. The number of fused-ring (bicyclic) bond motifs is 1. The third-order valence-electron chi connectivity index (χ3n) is 5.82. The Morgan fingerprint density at radius 3 is 2.62 bits per heavy atom. The Kier molecular flexibility index (Phi) is 7.87. The maximum absolute atomic E-state index is 12.2. The van der Waals surface area contributed by atoms with Crippen LogP contribution in [0.4, 0.5) is 15.4 Å². The zero-order valence-electron chi connectivity index (χ0n) is 19.3. The van der Waals surface area contributed by atoms with E-state index < -0.39 is 6.09 Å². The van der Waals surface area contributed by atoms with Gasteiger partial charge in [-0.05, 0) is 73.1 Å². The SMILES string of the molecule is CCNC(=O)Nc1cc2c(-c3ccncc3)ccc(CNC(=O)OCCN3CCCC3)c2cn1. The van der Waals surface area contributed by atoms with Crippen LogP contribution in [0, 0.1) is 0 Å². The predicted octanol–water partition coefficient (Wildman–Crippen LogP) is 3.76. The van der Waals surface area contributed by atoms with E-state index in [9.17, 15) is 9.59 Å². The molecule has 1 aromatic carbocycles. The van der Waals surface area contributed by atoms with Crippen molar-refractivity contribution in [3.05, 3.63) is 54.5 Å². The second kappa shape index (κ2) is 11.4. The number of carbonyl (C=O) groups is 2. The van der Waals surface area contributed by atoms with Gasteiger partial charge in [0.25, 0.3) is 0 Å². The van der Waals surface area contributed by atoms with Crippen molar-refractivity contribution in [3.8, 4) is 11.1 Å². The molecule has 9 nitrogen and oxygen atoms in total. The Hall–Kier alpha value is -3.72. The summed E-state index contributed by atoms with van der Waals surface area (Å²) in [6, 6.07) is 9.38. The number of hydrogen-bond acceptors (Lipinski definition) is 6. The predicted molar refractivity (Wildman–Crippen MR) is 132 cm³/mol. The van der Waals surface area contributed by atoms with Crippen LogP contribution in [0.25, 0.3) is 21.9 Å². The third-order valence-corrected chi connectivity index (χ3v) is 5.82. The van der Waals surface area contributed by atoms with Crippen LogP contribution in [0.2, 0.25) is 0 Å². The number of urea groups is 1. The summed E-state index contributed by atoms with van der Waals surface area (Å²) in [6.07, 6.45) is 7.19. The largest absolute Gasteiger partial charge is 0.448 e. The number of benzene rings is 1. The number of rotatable bonds is 8. The van der Waals surface area contributed by atoms with E-state index >= 15 is 0 Å². The molecule has 2 aromatic heterocycles. The van der Waals surface area contributed by atoms with E-state index in [0.29, 0.717) is 25.5 Å². The average molecular weight is 463 g/mol. The molecule has 3 amide bonds. The molecule has 34 heavy (non-hydrogen) atoms. The molecule has 1 saturated heterocycles. The van der Waals surface area contributed by atoms with Crippen LogP contribution in [0.5, 0.6) is 0 Å². The maximum Gasteiger partial charge on any atom is 0.407 e. The molecule has 1 aliphatic heterocycles. The fourth-order valence-corrected chi connectivity index (χ4v) is 4.12. The summed E-state index contributed by atoms with van der Waals surface area (Å²) in [4.78, 5) is 35.0. The molecular weight excluding hydrogens is 432 g/mol. The second-order valence-corrected chi connectivity index (χ2v) is 8.15. The van der Waals surface area contributed by atoms with Gasteiger partial charge in [0.1, 0.15) is 12.4 Å². The van der Waals surface area contributed by atoms with Gasteiger partial charge in [0.2, 0.25) is 0 Å². The smallest absolute Gasteiger partial charge is 0.407 e. The Morgan fingerprint density at radius 1 is 1.06 bits per heavy atom. The molecule has 0 saturated carbocycles. The Morgan fingerprint density at radius 2 is 1.85 bits per heavy atom. The van der Waals surface area contributed by atoms with Gasteiger partial charge in [0, 0.05) is 43.6 Å². The van der Waals surface area contributed by atoms with Gasteiger partial charge < -0.3 is 15.4 Å². The standard InChI is InChI=1S/C25H30N6O3/c1-2-27-24(32)30-23-15-21-20(18-7-9-26-10-8-18)6-5-19(22(21)17-28-23)16-29-25(33)34-14-13-31-11-3-4-12-31/h5-10,15,17H,2-4,11-14,16H2,1H3,(H,29,33)(H2,27,28,30,32). The molecule has 178 valence electrons. The van der Waals surface area contributed by atoms with E-state index in [-0.39, 0.29) is 6.03 Å². The van der Waals surface area contributed by atoms with Crippen LogP contribution >= 0.6 is 0 Å².